The van der Waals surface area contributed by atoms with Gasteiger partial charge in [0.1, 0.15) is 23.7 Å². The van der Waals surface area contributed by atoms with Crippen LogP contribution in [0.5, 0.6) is 0 Å². The number of alkyl halides is 1. The van der Waals surface area contributed by atoms with Crippen LogP contribution in [0.4, 0.5) is 8.78 Å². The molecule has 0 spiro atoms. The lowest BCUT2D eigenvalue weighted by Gasteiger charge is -2.07. The molecule has 0 bridgehead atoms. The molecule has 7 heteroatoms. The third-order valence-electron chi connectivity index (χ3n) is 2.65. The topological polar surface area (TPSA) is 46.9 Å². The molecule has 19 heavy (non-hydrogen) atoms. The van der Waals surface area contributed by atoms with E-state index < -0.39 is 11.6 Å². The molecule has 0 unspecified atom stereocenters. The number of nitrogens with zero attached hydrogens (tertiary/aromatic N) is 2. The predicted molar refractivity (Wildman–Crippen MR) is 67.9 cm³/mol. The number of nitrogens with one attached hydrogen (secondary N) is 1. The molecule has 1 aromatic heterocycles. The second-order valence-corrected chi connectivity index (χ2v) is 4.22. The zero-order valence-corrected chi connectivity index (χ0v) is 11.0. The number of amides is 1. The van der Waals surface area contributed by atoms with Crippen LogP contribution < -0.4 is 5.32 Å². The van der Waals surface area contributed by atoms with E-state index in [0.29, 0.717) is 12.4 Å². The number of benzene rings is 1. The van der Waals surface area contributed by atoms with E-state index >= 15 is 0 Å². The molecule has 102 valence electrons. The summed E-state index contributed by atoms with van der Waals surface area (Å²) in [7, 11) is 0. The molecule has 1 heterocycles. The van der Waals surface area contributed by atoms with Crippen LogP contribution in [0.1, 0.15) is 12.7 Å². The third-order valence-corrected chi connectivity index (χ3v) is 2.89. The quantitative estimate of drug-likeness (QED) is 0.876. The lowest BCUT2D eigenvalue weighted by Crippen LogP contribution is -2.27. The van der Waals surface area contributed by atoms with Gasteiger partial charge in [-0.1, -0.05) is 0 Å². The van der Waals surface area contributed by atoms with Crippen molar-refractivity contribution in [2.24, 2.45) is 0 Å². The molecule has 1 aromatic carbocycles. The molecule has 0 aliphatic heterocycles. The number of carbonyl (C=O) groups is 1. The van der Waals surface area contributed by atoms with E-state index in [0.717, 1.165) is 12.1 Å². The van der Waals surface area contributed by atoms with Crippen LogP contribution in [-0.2, 0) is 17.2 Å². The van der Waals surface area contributed by atoms with Gasteiger partial charge in [-0.05, 0) is 13.0 Å². The van der Waals surface area contributed by atoms with Gasteiger partial charge in [-0.15, -0.1) is 11.6 Å². The first-order valence-electron chi connectivity index (χ1n) is 5.73. The molecular weight excluding hydrogens is 276 g/mol. The summed E-state index contributed by atoms with van der Waals surface area (Å²) >= 11 is 5.72. The van der Waals surface area contributed by atoms with Crippen LogP contribution in [-0.4, -0.2) is 22.0 Å². The largest absolute Gasteiger partial charge is 0.355 e. The van der Waals surface area contributed by atoms with Gasteiger partial charge in [0.2, 0.25) is 5.91 Å². The second-order valence-electron chi connectivity index (χ2n) is 3.96. The zero-order valence-electron chi connectivity index (χ0n) is 10.2. The molecule has 0 radical (unpaired) electrons. The maximum absolute atomic E-state index is 13.6. The third kappa shape index (κ3) is 2.68. The number of imidazole rings is 1. The Labute approximate surface area is 113 Å². The fourth-order valence-corrected chi connectivity index (χ4v) is 2.08. The average Bonchev–Trinajstić information content (AvgIpc) is 2.68. The van der Waals surface area contributed by atoms with Crippen molar-refractivity contribution in [1.82, 2.24) is 14.9 Å². The molecule has 1 N–H and O–H groups in total. The van der Waals surface area contributed by atoms with E-state index in [4.69, 9.17) is 11.6 Å². The standard InChI is InChI=1S/C12H12ClF2N3O/c1-2-16-11(19)6-18-9-4-7(14)3-8(15)12(9)17-10(18)5-13/h3-4H,2,5-6H2,1H3,(H,16,19). The first-order valence-corrected chi connectivity index (χ1v) is 6.27. The van der Waals surface area contributed by atoms with Crippen molar-refractivity contribution >= 4 is 28.5 Å². The molecule has 0 atom stereocenters. The lowest BCUT2D eigenvalue weighted by atomic mass is 10.3. The van der Waals surface area contributed by atoms with Crippen molar-refractivity contribution in [3.05, 3.63) is 29.6 Å². The van der Waals surface area contributed by atoms with Crippen molar-refractivity contribution in [3.63, 3.8) is 0 Å². The van der Waals surface area contributed by atoms with Gasteiger partial charge >= 0.3 is 0 Å². The van der Waals surface area contributed by atoms with Gasteiger partial charge < -0.3 is 9.88 Å². The van der Waals surface area contributed by atoms with Crippen LogP contribution in [0.25, 0.3) is 11.0 Å². The monoisotopic (exact) mass is 287 g/mol. The smallest absolute Gasteiger partial charge is 0.239 e. The molecule has 0 aliphatic rings. The molecule has 0 saturated heterocycles. The Balaban J connectivity index is 2.53. The van der Waals surface area contributed by atoms with E-state index in [1.165, 1.54) is 4.57 Å². The van der Waals surface area contributed by atoms with E-state index in [-0.39, 0.29) is 29.4 Å². The van der Waals surface area contributed by atoms with Gasteiger partial charge in [0.25, 0.3) is 0 Å². The number of aromatic nitrogens is 2. The van der Waals surface area contributed by atoms with Crippen molar-refractivity contribution in [2.75, 3.05) is 6.54 Å². The maximum Gasteiger partial charge on any atom is 0.239 e. The minimum Gasteiger partial charge on any atom is -0.355 e. The summed E-state index contributed by atoms with van der Waals surface area (Å²) in [6.45, 7) is 2.19. The normalized spacial score (nSPS) is 10.9. The van der Waals surface area contributed by atoms with Crippen LogP contribution in [0.2, 0.25) is 0 Å². The van der Waals surface area contributed by atoms with Crippen molar-refractivity contribution < 1.29 is 13.6 Å². The van der Waals surface area contributed by atoms with Gasteiger partial charge in [0, 0.05) is 12.6 Å². The molecule has 0 saturated carbocycles. The highest BCUT2D eigenvalue weighted by molar-refractivity contribution is 6.16. The Bertz CT molecular complexity index is 627. The van der Waals surface area contributed by atoms with Crippen molar-refractivity contribution in [3.8, 4) is 0 Å². The Kier molecular flexibility index (Phi) is 3.99. The van der Waals surface area contributed by atoms with Crippen LogP contribution in [0, 0.1) is 11.6 Å². The zero-order chi connectivity index (χ0) is 14.0. The average molecular weight is 288 g/mol. The molecule has 0 aliphatic carbocycles. The SMILES string of the molecule is CCNC(=O)Cn1c(CCl)nc2c(F)cc(F)cc21. The first-order chi connectivity index (χ1) is 9.06. The van der Waals surface area contributed by atoms with Crippen molar-refractivity contribution in [1.29, 1.82) is 0 Å². The lowest BCUT2D eigenvalue weighted by molar-refractivity contribution is -0.121. The number of carbonyl (C=O) groups excluding carboxylic acids is 1. The molecule has 2 aromatic rings. The molecule has 1 amide bonds. The van der Waals surface area contributed by atoms with Crippen LogP contribution in [0.3, 0.4) is 0 Å². The van der Waals surface area contributed by atoms with E-state index in [1.807, 2.05) is 0 Å². The summed E-state index contributed by atoms with van der Waals surface area (Å²) < 4.78 is 28.3. The van der Waals surface area contributed by atoms with Crippen LogP contribution in [0.15, 0.2) is 12.1 Å². The fourth-order valence-electron chi connectivity index (χ4n) is 1.87. The Hall–Kier alpha value is -1.69. The molecule has 2 rings (SSSR count). The van der Waals surface area contributed by atoms with Crippen molar-refractivity contribution in [2.45, 2.75) is 19.3 Å². The summed E-state index contributed by atoms with van der Waals surface area (Å²) in [6.07, 6.45) is 0. The highest BCUT2D eigenvalue weighted by Gasteiger charge is 2.16. The number of hydrogen-bond acceptors (Lipinski definition) is 2. The van der Waals surface area contributed by atoms with Gasteiger partial charge in [0.05, 0.1) is 11.4 Å². The summed E-state index contributed by atoms with van der Waals surface area (Å²) in [4.78, 5) is 15.6. The minimum absolute atomic E-state index is 0.00907. The Morgan fingerprint density at radius 2 is 2.21 bits per heavy atom. The second kappa shape index (κ2) is 5.52. The molecular formula is C12H12ClF2N3O. The maximum atomic E-state index is 13.6. The highest BCUT2D eigenvalue weighted by atomic mass is 35.5. The molecule has 0 fully saturated rings. The minimum atomic E-state index is -0.768. The Morgan fingerprint density at radius 1 is 1.47 bits per heavy atom. The number of fused-ring (bicyclic) bond motifs is 1. The van der Waals surface area contributed by atoms with Crippen LogP contribution >= 0.6 is 11.6 Å². The highest BCUT2D eigenvalue weighted by Crippen LogP contribution is 2.21. The number of rotatable bonds is 4. The summed E-state index contributed by atoms with van der Waals surface area (Å²) in [6, 6.07) is 1.89. The van der Waals surface area contributed by atoms with Gasteiger partial charge in [-0.2, -0.15) is 0 Å². The predicted octanol–water partition coefficient (Wildman–Crippen LogP) is 2.19. The fraction of sp³-hybridized carbons (Fsp3) is 0.333. The van der Waals surface area contributed by atoms with Gasteiger partial charge in [0.15, 0.2) is 5.82 Å². The summed E-state index contributed by atoms with van der Waals surface area (Å²) in [5.74, 6) is -1.42. The summed E-state index contributed by atoms with van der Waals surface area (Å²) in [5.41, 5.74) is 0.237. The van der Waals surface area contributed by atoms with E-state index in [2.05, 4.69) is 10.3 Å². The van der Waals surface area contributed by atoms with Gasteiger partial charge in [-0.25, -0.2) is 13.8 Å². The number of likely N-dealkylation sites (N-methyl/N-ethyl adjacent to an activating group) is 1. The van der Waals surface area contributed by atoms with E-state index in [9.17, 15) is 13.6 Å². The molecule has 4 nitrogen and oxygen atoms in total. The summed E-state index contributed by atoms with van der Waals surface area (Å²) in [5, 5.41) is 2.61. The number of halogens is 3. The Morgan fingerprint density at radius 3 is 2.84 bits per heavy atom. The van der Waals surface area contributed by atoms with Gasteiger partial charge in [-0.3, -0.25) is 4.79 Å². The number of hydrogen-bond donors (Lipinski definition) is 1. The van der Waals surface area contributed by atoms with E-state index in [1.54, 1.807) is 6.92 Å². The first kappa shape index (κ1) is 13.7.